The summed E-state index contributed by atoms with van der Waals surface area (Å²) in [6.45, 7) is 1.95. The fourth-order valence-corrected chi connectivity index (χ4v) is 0.223. The number of hydrogen-bond donors (Lipinski definition) is 2. The van der Waals surface area contributed by atoms with E-state index in [1.54, 1.807) is 7.05 Å². The van der Waals surface area contributed by atoms with E-state index in [1.807, 2.05) is 6.92 Å². The first-order valence-corrected chi connectivity index (χ1v) is 2.30. The van der Waals surface area contributed by atoms with Gasteiger partial charge in [-0.25, -0.2) is 0 Å². The second-order valence-electron chi connectivity index (χ2n) is 1.18. The smallest absolute Gasteiger partial charge is 0.119 e. The molecule has 0 aliphatic rings. The highest BCUT2D eigenvalue weighted by molar-refractivity contribution is 5.85. The first-order valence-electron chi connectivity index (χ1n) is 2.30. The molecule has 0 bridgehead atoms. The maximum atomic E-state index is 5.27. The lowest BCUT2D eigenvalue weighted by atomic mass is 10.5. The number of halogens is 1. The molecule has 50 valence electrons. The van der Waals surface area contributed by atoms with E-state index in [4.69, 9.17) is 5.73 Å². The summed E-state index contributed by atoms with van der Waals surface area (Å²) in [5.74, 6) is 0.641. The molecule has 8 heavy (non-hydrogen) atoms. The molecule has 0 aromatic carbocycles. The Morgan fingerprint density at radius 1 is 1.75 bits per heavy atom. The highest BCUT2D eigenvalue weighted by Gasteiger charge is 1.78. The zero-order valence-electron chi connectivity index (χ0n) is 5.14. The standard InChI is InChI=1S/C4H11N3.ClH/c1-3-4(5)7-6-2;/h6H,3H2,1-2H3,(H2,5,7);1H. The van der Waals surface area contributed by atoms with Crippen molar-refractivity contribution < 1.29 is 0 Å². The minimum atomic E-state index is 0. The number of nitrogens with two attached hydrogens (primary N) is 1. The Morgan fingerprint density at radius 3 is 2.38 bits per heavy atom. The SMILES string of the molecule is CC/C(N)=N/NC.Cl. The van der Waals surface area contributed by atoms with E-state index in [0.29, 0.717) is 5.84 Å². The predicted octanol–water partition coefficient (Wildman–Crippen LogP) is 0.310. The largest absolute Gasteiger partial charge is 0.386 e. The van der Waals surface area contributed by atoms with Crippen LogP contribution in [-0.2, 0) is 0 Å². The van der Waals surface area contributed by atoms with E-state index in [-0.39, 0.29) is 12.4 Å². The first-order chi connectivity index (χ1) is 3.31. The predicted molar refractivity (Wildman–Crippen MR) is 38.2 cm³/mol. The van der Waals surface area contributed by atoms with Crippen molar-refractivity contribution >= 4 is 18.2 Å². The average molecular weight is 138 g/mol. The molecule has 0 saturated carbocycles. The molecule has 0 saturated heterocycles. The quantitative estimate of drug-likeness (QED) is 0.327. The van der Waals surface area contributed by atoms with Crippen molar-refractivity contribution in [1.82, 2.24) is 5.43 Å². The summed E-state index contributed by atoms with van der Waals surface area (Å²) in [6, 6.07) is 0. The van der Waals surface area contributed by atoms with Gasteiger partial charge in [0.15, 0.2) is 0 Å². The summed E-state index contributed by atoms with van der Waals surface area (Å²) < 4.78 is 0. The number of amidine groups is 1. The van der Waals surface area contributed by atoms with Crippen LogP contribution >= 0.6 is 12.4 Å². The van der Waals surface area contributed by atoms with E-state index in [9.17, 15) is 0 Å². The van der Waals surface area contributed by atoms with Crippen molar-refractivity contribution in [2.75, 3.05) is 7.05 Å². The Balaban J connectivity index is 0. The van der Waals surface area contributed by atoms with E-state index in [1.165, 1.54) is 0 Å². The lowest BCUT2D eigenvalue weighted by Crippen LogP contribution is -2.13. The number of hydrogen-bond acceptors (Lipinski definition) is 2. The third kappa shape index (κ3) is 5.56. The Hall–Kier alpha value is -0.440. The van der Waals surface area contributed by atoms with Crippen LogP contribution < -0.4 is 11.2 Å². The molecule has 4 heteroatoms. The average Bonchev–Trinajstić information content (AvgIpc) is 1.68. The molecule has 0 aromatic heterocycles. The molecule has 3 N–H and O–H groups in total. The monoisotopic (exact) mass is 137 g/mol. The van der Waals surface area contributed by atoms with Gasteiger partial charge in [-0.05, 0) is 0 Å². The van der Waals surface area contributed by atoms with Crippen LogP contribution in [0.15, 0.2) is 5.10 Å². The van der Waals surface area contributed by atoms with Crippen LogP contribution in [-0.4, -0.2) is 12.9 Å². The number of nitrogens with one attached hydrogen (secondary N) is 1. The van der Waals surface area contributed by atoms with Gasteiger partial charge in [0.05, 0.1) is 0 Å². The number of hydrazone groups is 1. The number of rotatable bonds is 2. The minimum Gasteiger partial charge on any atom is -0.386 e. The summed E-state index contributed by atoms with van der Waals surface area (Å²) in [7, 11) is 1.72. The fraction of sp³-hybridized carbons (Fsp3) is 0.750. The van der Waals surface area contributed by atoms with Crippen LogP contribution in [0.3, 0.4) is 0 Å². The second kappa shape index (κ2) is 6.56. The highest BCUT2D eigenvalue weighted by Crippen LogP contribution is 1.70. The summed E-state index contributed by atoms with van der Waals surface area (Å²) in [5, 5.41) is 3.69. The molecular formula is C4H12ClN3. The van der Waals surface area contributed by atoms with Crippen molar-refractivity contribution in [3.8, 4) is 0 Å². The zero-order chi connectivity index (χ0) is 5.70. The van der Waals surface area contributed by atoms with Crippen molar-refractivity contribution in [1.29, 1.82) is 0 Å². The normalized spacial score (nSPS) is 10.0. The Kier molecular flexibility index (Phi) is 8.63. The Labute approximate surface area is 55.7 Å². The molecule has 0 fully saturated rings. The maximum absolute atomic E-state index is 5.27. The van der Waals surface area contributed by atoms with Gasteiger partial charge in [0.2, 0.25) is 0 Å². The third-order valence-corrected chi connectivity index (χ3v) is 0.618. The van der Waals surface area contributed by atoms with Crippen molar-refractivity contribution in [3.05, 3.63) is 0 Å². The lowest BCUT2D eigenvalue weighted by Gasteiger charge is -1.90. The van der Waals surface area contributed by atoms with Crippen LogP contribution in [0.25, 0.3) is 0 Å². The first kappa shape index (κ1) is 10.5. The summed E-state index contributed by atoms with van der Waals surface area (Å²) >= 11 is 0. The molecule has 3 nitrogen and oxygen atoms in total. The van der Waals surface area contributed by atoms with E-state index >= 15 is 0 Å². The van der Waals surface area contributed by atoms with Crippen molar-refractivity contribution in [3.63, 3.8) is 0 Å². The van der Waals surface area contributed by atoms with Gasteiger partial charge in [-0.15, -0.1) is 12.4 Å². The molecule has 0 unspecified atom stereocenters. The molecule has 0 heterocycles. The van der Waals surface area contributed by atoms with E-state index in [2.05, 4.69) is 10.5 Å². The molecule has 0 radical (unpaired) electrons. The zero-order valence-corrected chi connectivity index (χ0v) is 5.96. The van der Waals surface area contributed by atoms with Gasteiger partial charge in [0.1, 0.15) is 5.84 Å². The van der Waals surface area contributed by atoms with Gasteiger partial charge < -0.3 is 11.2 Å². The fourth-order valence-electron chi connectivity index (χ4n) is 0.223. The van der Waals surface area contributed by atoms with Gasteiger partial charge in [-0.1, -0.05) is 6.92 Å². The summed E-state index contributed by atoms with van der Waals surface area (Å²) in [6.07, 6.45) is 0.806. The Morgan fingerprint density at radius 2 is 2.25 bits per heavy atom. The molecule has 0 amide bonds. The van der Waals surface area contributed by atoms with Gasteiger partial charge >= 0.3 is 0 Å². The van der Waals surface area contributed by atoms with Gasteiger partial charge in [0.25, 0.3) is 0 Å². The molecular weight excluding hydrogens is 126 g/mol. The van der Waals surface area contributed by atoms with Gasteiger partial charge in [0, 0.05) is 13.5 Å². The van der Waals surface area contributed by atoms with Crippen LogP contribution in [0.4, 0.5) is 0 Å². The molecule has 0 aromatic rings. The van der Waals surface area contributed by atoms with Crippen LogP contribution in [0.1, 0.15) is 13.3 Å². The topological polar surface area (TPSA) is 50.4 Å². The molecule has 0 spiro atoms. The molecule has 0 aliphatic heterocycles. The van der Waals surface area contributed by atoms with Crippen LogP contribution in [0.2, 0.25) is 0 Å². The molecule has 0 aliphatic carbocycles. The molecule has 0 atom stereocenters. The van der Waals surface area contributed by atoms with Gasteiger partial charge in [-0.3, -0.25) is 0 Å². The Bertz CT molecular complexity index is 71.7. The minimum absolute atomic E-state index is 0. The van der Waals surface area contributed by atoms with E-state index in [0.717, 1.165) is 6.42 Å². The van der Waals surface area contributed by atoms with Gasteiger partial charge in [-0.2, -0.15) is 5.10 Å². The van der Waals surface area contributed by atoms with Crippen molar-refractivity contribution in [2.45, 2.75) is 13.3 Å². The maximum Gasteiger partial charge on any atom is 0.119 e. The third-order valence-electron chi connectivity index (χ3n) is 0.618. The lowest BCUT2D eigenvalue weighted by molar-refractivity contribution is 0.887. The molecule has 0 rings (SSSR count). The van der Waals surface area contributed by atoms with Crippen LogP contribution in [0, 0.1) is 0 Å². The van der Waals surface area contributed by atoms with Crippen LogP contribution in [0.5, 0.6) is 0 Å². The van der Waals surface area contributed by atoms with E-state index < -0.39 is 0 Å². The highest BCUT2D eigenvalue weighted by atomic mass is 35.5. The number of nitrogens with zero attached hydrogens (tertiary/aromatic N) is 1. The summed E-state index contributed by atoms with van der Waals surface area (Å²) in [5.41, 5.74) is 7.85. The van der Waals surface area contributed by atoms with Crippen molar-refractivity contribution in [2.24, 2.45) is 10.8 Å². The summed E-state index contributed by atoms with van der Waals surface area (Å²) in [4.78, 5) is 0. The second-order valence-corrected chi connectivity index (χ2v) is 1.18.